The number of hydrogen-bond donors (Lipinski definition) is 0. The summed E-state index contributed by atoms with van der Waals surface area (Å²) in [6.45, 7) is 0. The highest BCUT2D eigenvalue weighted by Gasteiger charge is 2.30. The number of Topliss-reactive ketones (excluding diaryl/α,β-unsaturated/α-hetero) is 1. The van der Waals surface area contributed by atoms with Gasteiger partial charge < -0.3 is 4.74 Å². The first-order chi connectivity index (χ1) is 6.33. The van der Waals surface area contributed by atoms with E-state index in [0.29, 0.717) is 5.76 Å². The van der Waals surface area contributed by atoms with Crippen LogP contribution in [0.4, 0.5) is 0 Å². The quantitative estimate of drug-likeness (QED) is 0.615. The number of carbonyl (C=O) groups is 1. The van der Waals surface area contributed by atoms with Crippen molar-refractivity contribution in [2.45, 2.75) is 25.7 Å². The molecule has 2 rings (SSSR count). The molecule has 0 amide bonds. The van der Waals surface area contributed by atoms with Crippen LogP contribution in [-0.4, -0.2) is 12.9 Å². The average Bonchev–Trinajstić information content (AvgIpc) is 2.19. The van der Waals surface area contributed by atoms with Crippen molar-refractivity contribution in [3.63, 3.8) is 0 Å². The molecular formula is C11H14O2. The van der Waals surface area contributed by atoms with E-state index in [9.17, 15) is 4.79 Å². The lowest BCUT2D eigenvalue weighted by atomic mass is 9.78. The largest absolute Gasteiger partial charge is 0.493 e. The van der Waals surface area contributed by atoms with Gasteiger partial charge in [-0.2, -0.15) is 0 Å². The molecule has 0 saturated heterocycles. The number of carbonyl (C=O) groups excluding carboxylic acids is 1. The topological polar surface area (TPSA) is 26.3 Å². The zero-order chi connectivity index (χ0) is 9.26. The molecule has 13 heavy (non-hydrogen) atoms. The Morgan fingerprint density at radius 2 is 2.23 bits per heavy atom. The van der Waals surface area contributed by atoms with Gasteiger partial charge in [-0.25, -0.2) is 0 Å². The smallest absolute Gasteiger partial charge is 0.204 e. The predicted octanol–water partition coefficient (Wildman–Crippen LogP) is 2.22. The minimum atomic E-state index is 0.133. The second-order valence-corrected chi connectivity index (χ2v) is 3.64. The van der Waals surface area contributed by atoms with Gasteiger partial charge >= 0.3 is 0 Å². The van der Waals surface area contributed by atoms with Crippen molar-refractivity contribution >= 4 is 5.78 Å². The monoisotopic (exact) mass is 178 g/mol. The molecule has 0 bridgehead atoms. The fraction of sp³-hybridized carbons (Fsp3) is 0.545. The zero-order valence-electron chi connectivity index (χ0n) is 7.88. The first-order valence-corrected chi connectivity index (χ1v) is 4.82. The van der Waals surface area contributed by atoms with E-state index in [1.807, 2.05) is 0 Å². The molecule has 70 valence electrons. The van der Waals surface area contributed by atoms with Crippen LogP contribution in [0.2, 0.25) is 0 Å². The minimum Gasteiger partial charge on any atom is -0.493 e. The van der Waals surface area contributed by atoms with E-state index in [1.165, 1.54) is 18.4 Å². The van der Waals surface area contributed by atoms with Gasteiger partial charge in [0.25, 0.3) is 0 Å². The Bertz CT molecular complexity index is 286. The van der Waals surface area contributed by atoms with Crippen molar-refractivity contribution in [2.24, 2.45) is 5.92 Å². The molecule has 0 aromatic carbocycles. The van der Waals surface area contributed by atoms with Gasteiger partial charge in [0.2, 0.25) is 5.78 Å². The minimum absolute atomic E-state index is 0.133. The molecule has 2 heteroatoms. The van der Waals surface area contributed by atoms with Crippen LogP contribution in [0, 0.1) is 5.92 Å². The predicted molar refractivity (Wildman–Crippen MR) is 50.1 cm³/mol. The highest BCUT2D eigenvalue weighted by atomic mass is 16.5. The first-order valence-electron chi connectivity index (χ1n) is 4.82. The second-order valence-electron chi connectivity index (χ2n) is 3.64. The van der Waals surface area contributed by atoms with E-state index in [2.05, 4.69) is 6.08 Å². The van der Waals surface area contributed by atoms with Crippen LogP contribution in [0.15, 0.2) is 23.5 Å². The first kappa shape index (κ1) is 8.54. The maximum Gasteiger partial charge on any atom is 0.204 e. The summed E-state index contributed by atoms with van der Waals surface area (Å²) in [6, 6.07) is 0. The molecule has 0 aromatic heterocycles. The highest BCUT2D eigenvalue weighted by Crippen LogP contribution is 2.34. The van der Waals surface area contributed by atoms with Gasteiger partial charge in [-0.05, 0) is 25.3 Å². The molecule has 0 N–H and O–H groups in total. The number of fused-ring (bicyclic) bond motifs is 1. The molecule has 1 fully saturated rings. The van der Waals surface area contributed by atoms with Gasteiger partial charge in [0.05, 0.1) is 7.11 Å². The summed E-state index contributed by atoms with van der Waals surface area (Å²) in [5.41, 5.74) is 1.30. The van der Waals surface area contributed by atoms with Crippen molar-refractivity contribution < 1.29 is 9.53 Å². The Morgan fingerprint density at radius 1 is 1.38 bits per heavy atom. The van der Waals surface area contributed by atoms with Crippen LogP contribution in [0.1, 0.15) is 25.7 Å². The normalized spacial score (nSPS) is 27.5. The number of ether oxygens (including phenoxy) is 1. The van der Waals surface area contributed by atoms with Gasteiger partial charge in [0.1, 0.15) is 0 Å². The molecule has 0 aliphatic heterocycles. The van der Waals surface area contributed by atoms with Crippen molar-refractivity contribution in [3.05, 3.63) is 23.5 Å². The van der Waals surface area contributed by atoms with E-state index in [0.717, 1.165) is 12.8 Å². The van der Waals surface area contributed by atoms with Crippen LogP contribution in [0.25, 0.3) is 0 Å². The maximum atomic E-state index is 11.8. The molecular weight excluding hydrogens is 164 g/mol. The van der Waals surface area contributed by atoms with Gasteiger partial charge in [0, 0.05) is 5.92 Å². The molecule has 0 spiro atoms. The fourth-order valence-electron chi connectivity index (χ4n) is 2.14. The van der Waals surface area contributed by atoms with E-state index in [-0.39, 0.29) is 11.7 Å². The van der Waals surface area contributed by atoms with Gasteiger partial charge in [-0.1, -0.05) is 18.1 Å². The SMILES string of the molecule is COC1=CC=C2CCCC[C@@H]2C1=O. The lowest BCUT2D eigenvalue weighted by Crippen LogP contribution is -2.24. The molecule has 0 heterocycles. The Kier molecular flexibility index (Phi) is 2.21. The Balaban J connectivity index is 2.27. The summed E-state index contributed by atoms with van der Waals surface area (Å²) < 4.78 is 5.02. The third kappa shape index (κ3) is 1.41. The summed E-state index contributed by atoms with van der Waals surface area (Å²) in [5, 5.41) is 0. The Labute approximate surface area is 78.3 Å². The lowest BCUT2D eigenvalue weighted by Gasteiger charge is -2.26. The maximum absolute atomic E-state index is 11.8. The van der Waals surface area contributed by atoms with E-state index >= 15 is 0 Å². The van der Waals surface area contributed by atoms with Crippen LogP contribution >= 0.6 is 0 Å². The summed E-state index contributed by atoms with van der Waals surface area (Å²) in [5.74, 6) is 0.837. The lowest BCUT2D eigenvalue weighted by molar-refractivity contribution is -0.121. The number of methoxy groups -OCH3 is 1. The van der Waals surface area contributed by atoms with Crippen molar-refractivity contribution in [2.75, 3.05) is 7.11 Å². The van der Waals surface area contributed by atoms with Gasteiger partial charge in [-0.15, -0.1) is 0 Å². The van der Waals surface area contributed by atoms with E-state index in [4.69, 9.17) is 4.74 Å². The molecule has 0 unspecified atom stereocenters. The third-order valence-electron chi connectivity index (χ3n) is 2.88. The summed E-state index contributed by atoms with van der Waals surface area (Å²) in [7, 11) is 1.56. The average molecular weight is 178 g/mol. The van der Waals surface area contributed by atoms with Crippen LogP contribution in [0.3, 0.4) is 0 Å². The number of allylic oxidation sites excluding steroid dienone is 4. The summed E-state index contributed by atoms with van der Waals surface area (Å²) in [4.78, 5) is 11.8. The van der Waals surface area contributed by atoms with E-state index in [1.54, 1.807) is 13.2 Å². The molecule has 0 radical (unpaired) electrons. The second kappa shape index (κ2) is 3.36. The number of ketones is 1. The molecule has 2 aliphatic rings. The Morgan fingerprint density at radius 3 is 3.00 bits per heavy atom. The van der Waals surface area contributed by atoms with Gasteiger partial charge in [-0.3, -0.25) is 4.79 Å². The summed E-state index contributed by atoms with van der Waals surface area (Å²) >= 11 is 0. The zero-order valence-corrected chi connectivity index (χ0v) is 7.88. The molecule has 1 atom stereocenters. The van der Waals surface area contributed by atoms with Crippen LogP contribution < -0.4 is 0 Å². The van der Waals surface area contributed by atoms with E-state index < -0.39 is 0 Å². The number of hydrogen-bond acceptors (Lipinski definition) is 2. The third-order valence-corrected chi connectivity index (χ3v) is 2.88. The summed E-state index contributed by atoms with van der Waals surface area (Å²) in [6.07, 6.45) is 8.36. The standard InChI is InChI=1S/C11H14O2/c1-13-10-7-6-8-4-2-3-5-9(8)11(10)12/h6-7,9H,2-5H2,1H3/t9-/m0/s1. The highest BCUT2D eigenvalue weighted by molar-refractivity contribution is 5.98. The van der Waals surface area contributed by atoms with Crippen molar-refractivity contribution in [3.8, 4) is 0 Å². The molecule has 2 aliphatic carbocycles. The molecule has 2 nitrogen and oxygen atoms in total. The van der Waals surface area contributed by atoms with Gasteiger partial charge in [0.15, 0.2) is 5.76 Å². The number of rotatable bonds is 1. The molecule has 0 aromatic rings. The Hall–Kier alpha value is -1.05. The van der Waals surface area contributed by atoms with Crippen molar-refractivity contribution in [1.29, 1.82) is 0 Å². The van der Waals surface area contributed by atoms with Crippen LogP contribution in [0.5, 0.6) is 0 Å². The van der Waals surface area contributed by atoms with Crippen LogP contribution in [-0.2, 0) is 9.53 Å². The molecule has 1 saturated carbocycles. The fourth-order valence-corrected chi connectivity index (χ4v) is 2.14. The van der Waals surface area contributed by atoms with Crippen molar-refractivity contribution in [1.82, 2.24) is 0 Å².